The third-order valence-electron chi connectivity index (χ3n) is 9.36. The number of benzene rings is 2. The van der Waals surface area contributed by atoms with E-state index in [-0.39, 0.29) is 30.2 Å². The number of fused-ring (bicyclic) bond motifs is 1. The van der Waals surface area contributed by atoms with Crippen molar-refractivity contribution >= 4 is 46.5 Å². The van der Waals surface area contributed by atoms with Gasteiger partial charge in [-0.25, -0.2) is 0 Å². The maximum Gasteiger partial charge on any atom is 0.248 e. The van der Waals surface area contributed by atoms with Crippen LogP contribution < -0.4 is 15.5 Å². The number of nitrogens with zero attached hydrogens (tertiary/aromatic N) is 2. The highest BCUT2D eigenvalue weighted by atomic mass is 32.2. The van der Waals surface area contributed by atoms with E-state index in [0.29, 0.717) is 17.8 Å². The fourth-order valence-corrected chi connectivity index (χ4v) is 9.68. The van der Waals surface area contributed by atoms with Gasteiger partial charge in [-0.05, 0) is 75.9 Å². The van der Waals surface area contributed by atoms with Crippen molar-refractivity contribution in [1.29, 1.82) is 0 Å². The zero-order chi connectivity index (χ0) is 29.5. The van der Waals surface area contributed by atoms with Crippen LogP contribution in [0.2, 0.25) is 0 Å². The molecule has 3 fully saturated rings. The Labute approximate surface area is 247 Å². The summed E-state index contributed by atoms with van der Waals surface area (Å²) in [7, 11) is 0. The summed E-state index contributed by atoms with van der Waals surface area (Å²) in [6, 6.07) is 15.7. The SMILES string of the molecule is CCN(CC)c1ccc(NC(=O)C2N([C@@H](CO)C(C)C)C(=O)[C@@H]3[C@H](C(=O)Nc4ccccc4)[C@]4(C)CCC23S4)cc1. The van der Waals surface area contributed by atoms with Gasteiger partial charge < -0.3 is 25.5 Å². The van der Waals surface area contributed by atoms with Crippen molar-refractivity contribution in [1.82, 2.24) is 4.90 Å². The number of likely N-dealkylation sites (tertiary alicyclic amines) is 1. The number of aliphatic hydroxyl groups excluding tert-OH is 1. The lowest BCUT2D eigenvalue weighted by Crippen LogP contribution is -2.56. The van der Waals surface area contributed by atoms with Gasteiger partial charge in [0.1, 0.15) is 6.04 Å². The number of hydrogen-bond donors (Lipinski definition) is 3. The molecule has 3 aliphatic heterocycles. The number of thioether (sulfide) groups is 1. The van der Waals surface area contributed by atoms with Crippen LogP contribution >= 0.6 is 11.8 Å². The molecule has 41 heavy (non-hydrogen) atoms. The molecule has 3 amide bonds. The summed E-state index contributed by atoms with van der Waals surface area (Å²) in [4.78, 5) is 46.3. The van der Waals surface area contributed by atoms with Gasteiger partial charge >= 0.3 is 0 Å². The zero-order valence-electron chi connectivity index (χ0n) is 24.6. The van der Waals surface area contributed by atoms with Crippen LogP contribution in [0, 0.1) is 17.8 Å². The number of anilines is 3. The van der Waals surface area contributed by atoms with Gasteiger partial charge in [-0.2, -0.15) is 0 Å². The minimum absolute atomic E-state index is 0.0720. The van der Waals surface area contributed by atoms with E-state index in [1.807, 2.05) is 68.4 Å². The summed E-state index contributed by atoms with van der Waals surface area (Å²) < 4.78 is -1.22. The second kappa shape index (κ2) is 11.3. The number of rotatable bonds is 10. The van der Waals surface area contributed by atoms with E-state index in [1.54, 1.807) is 16.7 Å². The largest absolute Gasteiger partial charge is 0.394 e. The summed E-state index contributed by atoms with van der Waals surface area (Å²) in [5.74, 6) is -1.98. The van der Waals surface area contributed by atoms with Gasteiger partial charge in [-0.3, -0.25) is 14.4 Å². The van der Waals surface area contributed by atoms with E-state index in [9.17, 15) is 19.5 Å². The van der Waals surface area contributed by atoms with Gasteiger partial charge in [0.05, 0.1) is 29.2 Å². The molecule has 3 aliphatic rings. The smallest absolute Gasteiger partial charge is 0.248 e. The molecule has 3 heterocycles. The van der Waals surface area contributed by atoms with Gasteiger partial charge in [0, 0.05) is 34.9 Å². The summed E-state index contributed by atoms with van der Waals surface area (Å²) >= 11 is 1.63. The van der Waals surface area contributed by atoms with E-state index >= 15 is 0 Å². The fraction of sp³-hybridized carbons (Fsp3) is 0.531. The molecule has 5 rings (SSSR count). The van der Waals surface area contributed by atoms with Crippen molar-refractivity contribution in [3.63, 3.8) is 0 Å². The Bertz CT molecular complexity index is 1280. The van der Waals surface area contributed by atoms with Crippen molar-refractivity contribution in [3.8, 4) is 0 Å². The first-order valence-electron chi connectivity index (χ1n) is 14.7. The van der Waals surface area contributed by atoms with Gasteiger partial charge in [-0.15, -0.1) is 11.8 Å². The molecule has 9 heteroatoms. The number of aliphatic hydroxyl groups is 1. The monoisotopic (exact) mass is 578 g/mol. The molecular formula is C32H42N4O4S. The topological polar surface area (TPSA) is 102 Å². The summed E-state index contributed by atoms with van der Waals surface area (Å²) in [5, 5.41) is 16.6. The molecule has 2 bridgehead atoms. The normalized spacial score (nSPS) is 29.0. The van der Waals surface area contributed by atoms with E-state index in [2.05, 4.69) is 36.3 Å². The van der Waals surface area contributed by atoms with Crippen molar-refractivity contribution in [3.05, 3.63) is 54.6 Å². The van der Waals surface area contributed by atoms with Crippen LogP contribution in [0.3, 0.4) is 0 Å². The van der Waals surface area contributed by atoms with Crippen LogP contribution in [0.4, 0.5) is 17.1 Å². The van der Waals surface area contributed by atoms with E-state index in [4.69, 9.17) is 0 Å². The molecule has 2 aromatic rings. The highest BCUT2D eigenvalue weighted by Crippen LogP contribution is 2.71. The summed E-state index contributed by atoms with van der Waals surface area (Å²) in [6.07, 6.45) is 1.39. The molecular weight excluding hydrogens is 536 g/mol. The van der Waals surface area contributed by atoms with Crippen LogP contribution in [0.25, 0.3) is 0 Å². The quantitative estimate of drug-likeness (QED) is 0.381. The molecule has 2 unspecified atom stereocenters. The Morgan fingerprint density at radius 1 is 1.00 bits per heavy atom. The molecule has 0 radical (unpaired) electrons. The number of carbonyl (C=O) groups excluding carboxylic acids is 3. The first kappa shape index (κ1) is 29.5. The molecule has 3 N–H and O–H groups in total. The number of hydrogen-bond acceptors (Lipinski definition) is 6. The maximum atomic E-state index is 14.4. The predicted octanol–water partition coefficient (Wildman–Crippen LogP) is 4.61. The molecule has 0 aromatic heterocycles. The maximum absolute atomic E-state index is 14.4. The van der Waals surface area contributed by atoms with Crippen molar-refractivity contribution in [2.24, 2.45) is 17.8 Å². The Morgan fingerprint density at radius 2 is 1.61 bits per heavy atom. The highest BCUT2D eigenvalue weighted by molar-refractivity contribution is 8.02. The third-order valence-corrected chi connectivity index (χ3v) is 11.3. The van der Waals surface area contributed by atoms with E-state index < -0.39 is 33.4 Å². The number of amides is 3. The molecule has 0 saturated carbocycles. The minimum Gasteiger partial charge on any atom is -0.394 e. The lowest BCUT2D eigenvalue weighted by Gasteiger charge is -2.38. The number of nitrogens with one attached hydrogen (secondary N) is 2. The summed E-state index contributed by atoms with van der Waals surface area (Å²) in [5.41, 5.74) is 2.42. The van der Waals surface area contributed by atoms with Gasteiger partial charge in [-0.1, -0.05) is 32.0 Å². The molecule has 6 atom stereocenters. The van der Waals surface area contributed by atoms with Crippen molar-refractivity contribution in [2.75, 3.05) is 35.2 Å². The standard InChI is InChI=1S/C32H42N4O4S/c1-6-35(7-2)23-15-13-22(14-16-23)34-29(39)27-32-18-17-31(5,41-32)25(28(38)33-21-11-9-8-10-12-21)26(32)30(40)36(27)24(19-37)20(3)4/h8-16,20,24-27,37H,6-7,17-19H2,1-5H3,(H,33,38)(H,34,39)/t24-,25+,26-,27?,31-,32?/m0/s1. The molecule has 0 aliphatic carbocycles. The first-order valence-corrected chi connectivity index (χ1v) is 15.6. The lowest BCUT2D eigenvalue weighted by molar-refractivity contribution is -0.142. The molecule has 220 valence electrons. The second-order valence-electron chi connectivity index (χ2n) is 12.0. The average Bonchev–Trinajstić information content (AvgIpc) is 3.52. The number of para-hydroxylation sites is 1. The lowest BCUT2D eigenvalue weighted by atomic mass is 9.66. The Balaban J connectivity index is 1.50. The van der Waals surface area contributed by atoms with Crippen LogP contribution in [-0.4, -0.2) is 69.0 Å². The van der Waals surface area contributed by atoms with Gasteiger partial charge in [0.25, 0.3) is 0 Å². The predicted molar refractivity (Wildman–Crippen MR) is 165 cm³/mol. The first-order chi connectivity index (χ1) is 19.6. The third kappa shape index (κ3) is 4.91. The van der Waals surface area contributed by atoms with Gasteiger partial charge in [0.2, 0.25) is 17.7 Å². The minimum atomic E-state index is -0.802. The van der Waals surface area contributed by atoms with Crippen LogP contribution in [0.1, 0.15) is 47.5 Å². The highest BCUT2D eigenvalue weighted by Gasteiger charge is 2.77. The second-order valence-corrected chi connectivity index (χ2v) is 13.9. The fourth-order valence-electron chi connectivity index (χ4n) is 7.34. The zero-order valence-corrected chi connectivity index (χ0v) is 25.4. The van der Waals surface area contributed by atoms with E-state index in [0.717, 1.165) is 25.2 Å². The molecule has 3 saturated heterocycles. The van der Waals surface area contributed by atoms with Crippen molar-refractivity contribution in [2.45, 2.75) is 69.0 Å². The molecule has 2 aromatic carbocycles. The molecule has 8 nitrogen and oxygen atoms in total. The molecule has 1 spiro atoms. The van der Waals surface area contributed by atoms with Crippen LogP contribution in [0.15, 0.2) is 54.6 Å². The Morgan fingerprint density at radius 3 is 2.20 bits per heavy atom. The van der Waals surface area contributed by atoms with Crippen LogP contribution in [0.5, 0.6) is 0 Å². The van der Waals surface area contributed by atoms with Crippen LogP contribution in [-0.2, 0) is 14.4 Å². The van der Waals surface area contributed by atoms with E-state index in [1.165, 1.54) is 0 Å². The average molecular weight is 579 g/mol. The number of carbonyl (C=O) groups is 3. The van der Waals surface area contributed by atoms with Gasteiger partial charge in [0.15, 0.2) is 0 Å². The summed E-state index contributed by atoms with van der Waals surface area (Å²) in [6.45, 7) is 11.7. The Hall–Kier alpha value is -3.04. The van der Waals surface area contributed by atoms with Crippen molar-refractivity contribution < 1.29 is 19.5 Å². The Kier molecular flexibility index (Phi) is 8.14.